The maximum Gasteiger partial charge on any atom is 0.139 e. The summed E-state index contributed by atoms with van der Waals surface area (Å²) >= 11 is 0. The van der Waals surface area contributed by atoms with Crippen LogP contribution in [0.3, 0.4) is 0 Å². The molecule has 1 aromatic rings. The number of carbonyl (C=O) groups is 1. The topological polar surface area (TPSA) is 50.4 Å². The molecule has 2 aliphatic rings. The highest BCUT2D eigenvalue weighted by Crippen LogP contribution is 2.52. The van der Waals surface area contributed by atoms with Crippen LogP contribution in [0.1, 0.15) is 43.6 Å². The molecular formula is C13H16O3. The first-order chi connectivity index (χ1) is 7.62. The fourth-order valence-corrected chi connectivity index (χ4v) is 3.43. The second-order valence-corrected chi connectivity index (χ2v) is 5.37. The number of furan rings is 1. The van der Waals surface area contributed by atoms with E-state index in [1.54, 1.807) is 12.3 Å². The lowest BCUT2D eigenvalue weighted by molar-refractivity contribution is -0.138. The number of rotatable bonds is 0. The smallest absolute Gasteiger partial charge is 0.139 e. The number of fused-ring (bicyclic) bond motifs is 2. The second-order valence-electron chi connectivity index (χ2n) is 5.37. The molecule has 0 spiro atoms. The second kappa shape index (κ2) is 3.20. The Morgan fingerprint density at radius 2 is 2.38 bits per heavy atom. The molecule has 0 aromatic carbocycles. The normalized spacial score (nSPS) is 38.0. The van der Waals surface area contributed by atoms with Gasteiger partial charge < -0.3 is 9.52 Å². The predicted octanol–water partition coefficient (Wildman–Crippen LogP) is 2.24. The Kier molecular flexibility index (Phi) is 2.02. The van der Waals surface area contributed by atoms with Gasteiger partial charge in [0.15, 0.2) is 0 Å². The van der Waals surface area contributed by atoms with Gasteiger partial charge in [-0.2, -0.15) is 0 Å². The van der Waals surface area contributed by atoms with Crippen LogP contribution in [0.2, 0.25) is 0 Å². The van der Waals surface area contributed by atoms with Crippen LogP contribution in [0.5, 0.6) is 0 Å². The van der Waals surface area contributed by atoms with Gasteiger partial charge in [-0.25, -0.2) is 0 Å². The fourth-order valence-electron chi connectivity index (χ4n) is 3.43. The third kappa shape index (κ3) is 1.21. The van der Waals surface area contributed by atoms with E-state index in [0.29, 0.717) is 6.42 Å². The Bertz CT molecular complexity index is 434. The number of hydrogen-bond acceptors (Lipinski definition) is 3. The molecule has 0 saturated heterocycles. The number of Topliss-reactive ketones (excluding diaryl/α,β-unsaturated/α-hetero) is 1. The Hall–Kier alpha value is -1.09. The summed E-state index contributed by atoms with van der Waals surface area (Å²) in [4.78, 5) is 12.0. The number of aliphatic hydroxyl groups is 1. The number of hydrogen-bond donors (Lipinski definition) is 1. The largest absolute Gasteiger partial charge is 0.469 e. The van der Waals surface area contributed by atoms with Crippen molar-refractivity contribution in [2.75, 3.05) is 0 Å². The lowest BCUT2D eigenvalue weighted by Crippen LogP contribution is -2.45. The quantitative estimate of drug-likeness (QED) is 0.729. The van der Waals surface area contributed by atoms with E-state index in [-0.39, 0.29) is 17.1 Å². The van der Waals surface area contributed by atoms with Gasteiger partial charge in [-0.1, -0.05) is 6.92 Å². The monoisotopic (exact) mass is 220 g/mol. The molecule has 1 saturated carbocycles. The standard InChI is InChI=1S/C13H16O3/c1-13-5-2-3-9(14)11(13)12(15)8-4-6-16-10(8)7-13/h4,6,11-12,15H,2-3,5,7H2,1H3/t11-,12+,13-/m1/s1. The average Bonchev–Trinajstić information content (AvgIpc) is 2.64. The van der Waals surface area contributed by atoms with E-state index in [9.17, 15) is 9.90 Å². The third-order valence-electron chi connectivity index (χ3n) is 4.25. The van der Waals surface area contributed by atoms with E-state index in [2.05, 4.69) is 6.92 Å². The van der Waals surface area contributed by atoms with Gasteiger partial charge in [0.25, 0.3) is 0 Å². The summed E-state index contributed by atoms with van der Waals surface area (Å²) in [6.07, 6.45) is 4.28. The average molecular weight is 220 g/mol. The lowest BCUT2D eigenvalue weighted by atomic mass is 9.59. The molecule has 3 heteroatoms. The summed E-state index contributed by atoms with van der Waals surface area (Å²) in [6.45, 7) is 2.10. The summed E-state index contributed by atoms with van der Waals surface area (Å²) in [5, 5.41) is 10.3. The molecule has 2 aliphatic carbocycles. The van der Waals surface area contributed by atoms with Crippen molar-refractivity contribution in [2.45, 2.75) is 38.7 Å². The zero-order chi connectivity index (χ0) is 11.3. The molecule has 3 atom stereocenters. The Morgan fingerprint density at radius 3 is 3.19 bits per heavy atom. The predicted molar refractivity (Wildman–Crippen MR) is 57.8 cm³/mol. The zero-order valence-electron chi connectivity index (χ0n) is 9.40. The highest BCUT2D eigenvalue weighted by atomic mass is 16.3. The van der Waals surface area contributed by atoms with E-state index >= 15 is 0 Å². The van der Waals surface area contributed by atoms with Gasteiger partial charge >= 0.3 is 0 Å². The highest BCUT2D eigenvalue weighted by molar-refractivity contribution is 5.83. The van der Waals surface area contributed by atoms with Crippen molar-refractivity contribution in [1.29, 1.82) is 0 Å². The van der Waals surface area contributed by atoms with Crippen LogP contribution in [0.25, 0.3) is 0 Å². The minimum atomic E-state index is -0.666. The third-order valence-corrected chi connectivity index (χ3v) is 4.25. The molecule has 1 fully saturated rings. The van der Waals surface area contributed by atoms with Gasteiger partial charge in [0.1, 0.15) is 11.5 Å². The van der Waals surface area contributed by atoms with Gasteiger partial charge in [-0.05, 0) is 24.3 Å². The van der Waals surface area contributed by atoms with Crippen molar-refractivity contribution in [2.24, 2.45) is 11.3 Å². The highest BCUT2D eigenvalue weighted by Gasteiger charge is 2.50. The maximum atomic E-state index is 12.0. The van der Waals surface area contributed by atoms with Crippen molar-refractivity contribution >= 4 is 5.78 Å². The molecule has 3 rings (SSSR count). The van der Waals surface area contributed by atoms with Gasteiger partial charge in [0.2, 0.25) is 0 Å². The van der Waals surface area contributed by atoms with Crippen molar-refractivity contribution in [1.82, 2.24) is 0 Å². The van der Waals surface area contributed by atoms with Gasteiger partial charge in [0, 0.05) is 18.4 Å². The van der Waals surface area contributed by atoms with Gasteiger partial charge in [-0.3, -0.25) is 4.79 Å². The summed E-state index contributed by atoms with van der Waals surface area (Å²) in [7, 11) is 0. The molecular weight excluding hydrogens is 204 g/mol. The van der Waals surface area contributed by atoms with Crippen LogP contribution in [0.4, 0.5) is 0 Å². The SMILES string of the molecule is C[C@]12CCCC(=O)[C@@H]1[C@@H](O)c1ccoc1C2. The van der Waals surface area contributed by atoms with Crippen LogP contribution >= 0.6 is 0 Å². The van der Waals surface area contributed by atoms with E-state index in [1.807, 2.05) is 0 Å². The Balaban J connectivity index is 2.09. The Morgan fingerprint density at radius 1 is 1.56 bits per heavy atom. The van der Waals surface area contributed by atoms with E-state index < -0.39 is 6.10 Å². The number of aliphatic hydroxyl groups excluding tert-OH is 1. The molecule has 1 heterocycles. The molecule has 86 valence electrons. The van der Waals surface area contributed by atoms with Gasteiger partial charge in [-0.15, -0.1) is 0 Å². The molecule has 0 radical (unpaired) electrons. The van der Waals surface area contributed by atoms with Crippen LogP contribution in [0, 0.1) is 11.3 Å². The molecule has 0 aliphatic heterocycles. The van der Waals surface area contributed by atoms with Crippen LogP contribution in [-0.4, -0.2) is 10.9 Å². The van der Waals surface area contributed by atoms with Crippen molar-refractivity contribution in [3.05, 3.63) is 23.7 Å². The van der Waals surface area contributed by atoms with Crippen LogP contribution in [0.15, 0.2) is 16.7 Å². The number of ketones is 1. The minimum absolute atomic E-state index is 0.112. The summed E-state index contributed by atoms with van der Waals surface area (Å²) in [6, 6.07) is 1.79. The number of carbonyl (C=O) groups excluding carboxylic acids is 1. The first kappa shape index (κ1) is 10.1. The summed E-state index contributed by atoms with van der Waals surface area (Å²) in [5.41, 5.74) is 0.706. The Labute approximate surface area is 94.5 Å². The first-order valence-electron chi connectivity index (χ1n) is 5.89. The van der Waals surface area contributed by atoms with Gasteiger partial charge in [0.05, 0.1) is 18.3 Å². The van der Waals surface area contributed by atoms with E-state index in [0.717, 1.165) is 30.6 Å². The minimum Gasteiger partial charge on any atom is -0.469 e. The molecule has 16 heavy (non-hydrogen) atoms. The maximum absolute atomic E-state index is 12.0. The summed E-state index contributed by atoms with van der Waals surface area (Å²) < 4.78 is 5.40. The zero-order valence-corrected chi connectivity index (χ0v) is 9.40. The van der Waals surface area contributed by atoms with Crippen LogP contribution < -0.4 is 0 Å². The van der Waals surface area contributed by atoms with Crippen molar-refractivity contribution < 1.29 is 14.3 Å². The van der Waals surface area contributed by atoms with Crippen molar-refractivity contribution in [3.8, 4) is 0 Å². The lowest BCUT2D eigenvalue weighted by Gasteiger charge is -2.45. The molecule has 0 unspecified atom stereocenters. The fraction of sp³-hybridized carbons (Fsp3) is 0.615. The molecule has 3 nitrogen and oxygen atoms in total. The molecule has 0 bridgehead atoms. The van der Waals surface area contributed by atoms with E-state index in [4.69, 9.17) is 4.42 Å². The molecule has 0 amide bonds. The van der Waals surface area contributed by atoms with Crippen molar-refractivity contribution in [3.63, 3.8) is 0 Å². The van der Waals surface area contributed by atoms with E-state index in [1.165, 1.54) is 0 Å². The van der Waals surface area contributed by atoms with Crippen LogP contribution in [-0.2, 0) is 11.2 Å². The molecule has 1 N–H and O–H groups in total. The first-order valence-corrected chi connectivity index (χ1v) is 5.89. The molecule has 1 aromatic heterocycles. The summed E-state index contributed by atoms with van der Waals surface area (Å²) in [5.74, 6) is 0.848.